The fourth-order valence-corrected chi connectivity index (χ4v) is 2.26. The van der Waals surface area contributed by atoms with Crippen LogP contribution in [-0.4, -0.2) is 17.4 Å². The maximum Gasteiger partial charge on any atom is 0.270 e. The lowest BCUT2D eigenvalue weighted by atomic mass is 10.1. The third-order valence-electron chi connectivity index (χ3n) is 3.92. The van der Waals surface area contributed by atoms with Crippen LogP contribution in [0.5, 0.6) is 0 Å². The first-order chi connectivity index (χ1) is 9.22. The highest BCUT2D eigenvalue weighted by molar-refractivity contribution is 5.95. The maximum atomic E-state index is 13.9. The number of amides is 1. The van der Waals surface area contributed by atoms with Crippen molar-refractivity contribution in [2.24, 2.45) is 11.3 Å². The number of halogens is 1. The highest BCUT2D eigenvalue weighted by Gasteiger charge is 2.45. The third-order valence-corrected chi connectivity index (χ3v) is 3.92. The Balaban J connectivity index is 2.14. The van der Waals surface area contributed by atoms with Crippen LogP contribution in [0.15, 0.2) is 12.1 Å². The van der Waals surface area contributed by atoms with Gasteiger partial charge in [0.2, 0.25) is 0 Å². The second-order valence-electron chi connectivity index (χ2n) is 5.98. The number of nitrogens with one attached hydrogen (secondary N) is 1. The fraction of sp³-hybridized carbons (Fsp3) is 0.500. The van der Waals surface area contributed by atoms with E-state index in [1.807, 2.05) is 0 Å². The first-order valence-electron chi connectivity index (χ1n) is 6.45. The number of rotatable bonds is 4. The fourth-order valence-electron chi connectivity index (χ4n) is 2.26. The average Bonchev–Trinajstić information content (AvgIpc) is 2.97. The van der Waals surface area contributed by atoms with Gasteiger partial charge in [-0.05, 0) is 30.2 Å². The standard InChI is InChI=1S/C14H17FN2O3/c1-8-4-10(17(19)20)5-11(12(8)15)13(18)16-7-9-6-14(9,2)3/h4-5,9H,6-7H2,1-3H3,(H,16,18). The Bertz CT molecular complexity index is 584. The molecule has 1 amide bonds. The molecule has 1 saturated carbocycles. The summed E-state index contributed by atoms with van der Waals surface area (Å²) in [6, 6.07) is 2.10. The molecule has 0 radical (unpaired) electrons. The normalized spacial score (nSPS) is 19.5. The quantitative estimate of drug-likeness (QED) is 0.681. The number of carbonyl (C=O) groups is 1. The number of non-ortho nitro benzene ring substituents is 1. The molecule has 1 atom stereocenters. The van der Waals surface area contributed by atoms with E-state index in [9.17, 15) is 19.3 Å². The molecular weight excluding hydrogens is 263 g/mol. The molecule has 6 heteroatoms. The van der Waals surface area contributed by atoms with Crippen LogP contribution in [-0.2, 0) is 0 Å². The van der Waals surface area contributed by atoms with E-state index in [4.69, 9.17) is 0 Å². The molecule has 0 bridgehead atoms. The van der Waals surface area contributed by atoms with Gasteiger partial charge in [-0.25, -0.2) is 4.39 Å². The number of nitrogens with zero attached hydrogens (tertiary/aromatic N) is 1. The molecule has 5 nitrogen and oxygen atoms in total. The Morgan fingerprint density at radius 3 is 2.65 bits per heavy atom. The van der Waals surface area contributed by atoms with Crippen LogP contribution in [0.25, 0.3) is 0 Å². The SMILES string of the molecule is Cc1cc([N+](=O)[O-])cc(C(=O)NCC2CC2(C)C)c1F. The van der Waals surface area contributed by atoms with Gasteiger partial charge in [0.05, 0.1) is 10.5 Å². The Kier molecular flexibility index (Phi) is 3.50. The van der Waals surface area contributed by atoms with E-state index in [0.29, 0.717) is 12.5 Å². The monoisotopic (exact) mass is 280 g/mol. The molecule has 0 saturated heterocycles. The zero-order valence-electron chi connectivity index (χ0n) is 11.7. The van der Waals surface area contributed by atoms with E-state index < -0.39 is 16.6 Å². The van der Waals surface area contributed by atoms with Gasteiger partial charge in [-0.2, -0.15) is 0 Å². The molecule has 1 aliphatic rings. The summed E-state index contributed by atoms with van der Waals surface area (Å²) in [5, 5.41) is 13.4. The van der Waals surface area contributed by atoms with E-state index in [2.05, 4.69) is 19.2 Å². The van der Waals surface area contributed by atoms with E-state index in [1.54, 1.807) is 0 Å². The van der Waals surface area contributed by atoms with Crippen molar-refractivity contribution < 1.29 is 14.1 Å². The van der Waals surface area contributed by atoms with E-state index in [1.165, 1.54) is 6.92 Å². The molecule has 20 heavy (non-hydrogen) atoms. The van der Waals surface area contributed by atoms with Crippen LogP contribution in [0.2, 0.25) is 0 Å². The molecule has 1 unspecified atom stereocenters. The number of aryl methyl sites for hydroxylation is 1. The number of hydrogen-bond donors (Lipinski definition) is 1. The van der Waals surface area contributed by atoms with Gasteiger partial charge in [-0.3, -0.25) is 14.9 Å². The van der Waals surface area contributed by atoms with Gasteiger partial charge in [0, 0.05) is 18.7 Å². The Labute approximate surface area is 116 Å². The predicted molar refractivity (Wildman–Crippen MR) is 72.0 cm³/mol. The van der Waals surface area contributed by atoms with Crippen LogP contribution < -0.4 is 5.32 Å². The van der Waals surface area contributed by atoms with Gasteiger partial charge >= 0.3 is 0 Å². The summed E-state index contributed by atoms with van der Waals surface area (Å²) >= 11 is 0. The molecule has 108 valence electrons. The minimum atomic E-state index is -0.705. The molecule has 0 heterocycles. The van der Waals surface area contributed by atoms with Crippen molar-refractivity contribution in [3.8, 4) is 0 Å². The number of carbonyl (C=O) groups excluding carboxylic acids is 1. The van der Waals surface area contributed by atoms with Crippen molar-refractivity contribution >= 4 is 11.6 Å². The van der Waals surface area contributed by atoms with Crippen LogP contribution >= 0.6 is 0 Å². The van der Waals surface area contributed by atoms with Crippen molar-refractivity contribution in [2.45, 2.75) is 27.2 Å². The average molecular weight is 280 g/mol. The highest BCUT2D eigenvalue weighted by atomic mass is 19.1. The first kappa shape index (κ1) is 14.4. The third kappa shape index (κ3) is 2.79. The lowest BCUT2D eigenvalue weighted by Gasteiger charge is -2.08. The van der Waals surface area contributed by atoms with E-state index in [-0.39, 0.29) is 22.2 Å². The van der Waals surface area contributed by atoms with E-state index in [0.717, 1.165) is 18.6 Å². The Morgan fingerprint density at radius 2 is 2.15 bits per heavy atom. The lowest BCUT2D eigenvalue weighted by Crippen LogP contribution is -2.27. The highest BCUT2D eigenvalue weighted by Crippen LogP contribution is 2.51. The summed E-state index contributed by atoms with van der Waals surface area (Å²) in [5.41, 5.74) is -0.239. The van der Waals surface area contributed by atoms with Gasteiger partial charge in [0.1, 0.15) is 5.82 Å². The van der Waals surface area contributed by atoms with Gasteiger partial charge in [-0.15, -0.1) is 0 Å². The van der Waals surface area contributed by atoms with Crippen LogP contribution in [0, 0.1) is 34.2 Å². The molecular formula is C14H17FN2O3. The van der Waals surface area contributed by atoms with Crippen molar-refractivity contribution in [3.63, 3.8) is 0 Å². The molecule has 0 aromatic heterocycles. The van der Waals surface area contributed by atoms with Crippen LogP contribution in [0.3, 0.4) is 0 Å². The van der Waals surface area contributed by atoms with Crippen LogP contribution in [0.4, 0.5) is 10.1 Å². The van der Waals surface area contributed by atoms with Gasteiger partial charge in [0.15, 0.2) is 0 Å². The lowest BCUT2D eigenvalue weighted by molar-refractivity contribution is -0.385. The Hall–Kier alpha value is -1.98. The van der Waals surface area contributed by atoms with Gasteiger partial charge < -0.3 is 5.32 Å². The zero-order valence-corrected chi connectivity index (χ0v) is 11.7. The summed E-state index contributed by atoms with van der Waals surface area (Å²) < 4.78 is 13.9. The predicted octanol–water partition coefficient (Wildman–Crippen LogP) is 2.82. The number of nitro benzene ring substituents is 1. The van der Waals surface area contributed by atoms with Crippen molar-refractivity contribution in [3.05, 3.63) is 39.2 Å². The largest absolute Gasteiger partial charge is 0.352 e. The summed E-state index contributed by atoms with van der Waals surface area (Å²) in [5.74, 6) is -0.922. The topological polar surface area (TPSA) is 72.2 Å². The summed E-state index contributed by atoms with van der Waals surface area (Å²) in [4.78, 5) is 22.1. The number of nitro groups is 1. The number of hydrogen-bond acceptors (Lipinski definition) is 3. The molecule has 1 aromatic carbocycles. The molecule has 1 fully saturated rings. The maximum absolute atomic E-state index is 13.9. The van der Waals surface area contributed by atoms with Crippen LogP contribution in [0.1, 0.15) is 36.2 Å². The second kappa shape index (κ2) is 4.85. The summed E-state index contributed by atoms with van der Waals surface area (Å²) in [6.07, 6.45) is 1.02. The minimum Gasteiger partial charge on any atom is -0.352 e. The van der Waals surface area contributed by atoms with E-state index >= 15 is 0 Å². The van der Waals surface area contributed by atoms with Gasteiger partial charge in [0.25, 0.3) is 11.6 Å². The molecule has 1 N–H and O–H groups in total. The number of benzene rings is 1. The summed E-state index contributed by atoms with van der Waals surface area (Å²) in [7, 11) is 0. The minimum absolute atomic E-state index is 0.0936. The molecule has 0 aliphatic heterocycles. The van der Waals surface area contributed by atoms with Crippen molar-refractivity contribution in [1.29, 1.82) is 0 Å². The first-order valence-corrected chi connectivity index (χ1v) is 6.45. The molecule has 1 aliphatic carbocycles. The Morgan fingerprint density at radius 1 is 1.55 bits per heavy atom. The van der Waals surface area contributed by atoms with Crippen molar-refractivity contribution in [2.75, 3.05) is 6.54 Å². The summed E-state index contributed by atoms with van der Waals surface area (Å²) in [6.45, 7) is 6.07. The smallest absolute Gasteiger partial charge is 0.270 e. The second-order valence-corrected chi connectivity index (χ2v) is 5.98. The van der Waals surface area contributed by atoms with Gasteiger partial charge in [-0.1, -0.05) is 13.8 Å². The van der Waals surface area contributed by atoms with Crippen molar-refractivity contribution in [1.82, 2.24) is 5.32 Å². The molecule has 0 spiro atoms. The zero-order chi connectivity index (χ0) is 15.1. The molecule has 2 rings (SSSR count). The molecule has 1 aromatic rings.